The highest BCUT2D eigenvalue weighted by molar-refractivity contribution is 5.91. The summed E-state index contributed by atoms with van der Waals surface area (Å²) in [6, 6.07) is 6.44. The monoisotopic (exact) mass is 263 g/mol. The predicted octanol–water partition coefficient (Wildman–Crippen LogP) is 1.63. The van der Waals surface area contributed by atoms with Crippen molar-refractivity contribution in [3.05, 3.63) is 35.9 Å². The van der Waals surface area contributed by atoms with E-state index in [1.807, 2.05) is 0 Å². The standard InChI is InChI=1S/C14H17NO4/c1-10(8-14(18)19)9-15-13(17)7-4-11-2-5-12(16)6-3-11/h2-7,10,16H,8-9H2,1H3,(H,15,17)(H,18,19)/b7-4+. The number of carboxylic acid groups (broad SMARTS) is 1. The van der Waals surface area contributed by atoms with Crippen LogP contribution in [0.1, 0.15) is 18.9 Å². The molecule has 0 saturated carbocycles. The number of aliphatic carboxylic acids is 1. The third kappa shape index (κ3) is 6.26. The van der Waals surface area contributed by atoms with E-state index in [-0.39, 0.29) is 24.0 Å². The fourth-order valence-corrected chi connectivity index (χ4v) is 1.46. The molecule has 1 atom stereocenters. The first kappa shape index (κ1) is 14.8. The summed E-state index contributed by atoms with van der Waals surface area (Å²) in [6.07, 6.45) is 3.03. The van der Waals surface area contributed by atoms with Gasteiger partial charge in [-0.15, -0.1) is 0 Å². The number of rotatable bonds is 6. The van der Waals surface area contributed by atoms with Gasteiger partial charge in [-0.1, -0.05) is 19.1 Å². The van der Waals surface area contributed by atoms with Crippen LogP contribution in [0.5, 0.6) is 5.75 Å². The van der Waals surface area contributed by atoms with Gasteiger partial charge < -0.3 is 15.5 Å². The summed E-state index contributed by atoms with van der Waals surface area (Å²) < 4.78 is 0. The van der Waals surface area contributed by atoms with Crippen molar-refractivity contribution in [2.24, 2.45) is 5.92 Å². The molecule has 0 fully saturated rings. The molecule has 1 rings (SSSR count). The van der Waals surface area contributed by atoms with E-state index in [9.17, 15) is 9.59 Å². The van der Waals surface area contributed by atoms with Gasteiger partial charge in [-0.3, -0.25) is 9.59 Å². The predicted molar refractivity (Wildman–Crippen MR) is 71.6 cm³/mol. The van der Waals surface area contributed by atoms with Gasteiger partial charge in [-0.25, -0.2) is 0 Å². The highest BCUT2D eigenvalue weighted by Crippen LogP contribution is 2.10. The SMILES string of the molecule is CC(CNC(=O)/C=C/c1ccc(O)cc1)CC(=O)O. The molecule has 0 aliphatic rings. The first-order chi connectivity index (χ1) is 8.97. The van der Waals surface area contributed by atoms with Gasteiger partial charge in [0.1, 0.15) is 5.75 Å². The maximum atomic E-state index is 11.5. The Labute approximate surface area is 111 Å². The van der Waals surface area contributed by atoms with E-state index in [0.29, 0.717) is 6.54 Å². The highest BCUT2D eigenvalue weighted by atomic mass is 16.4. The Hall–Kier alpha value is -2.30. The van der Waals surface area contributed by atoms with E-state index in [1.165, 1.54) is 18.2 Å². The van der Waals surface area contributed by atoms with E-state index < -0.39 is 5.97 Å². The largest absolute Gasteiger partial charge is 0.508 e. The average Bonchev–Trinajstić information content (AvgIpc) is 2.35. The topological polar surface area (TPSA) is 86.6 Å². The number of carbonyl (C=O) groups is 2. The van der Waals surface area contributed by atoms with Gasteiger partial charge in [0.2, 0.25) is 5.91 Å². The fourth-order valence-electron chi connectivity index (χ4n) is 1.46. The zero-order chi connectivity index (χ0) is 14.3. The number of carbonyl (C=O) groups excluding carboxylic acids is 1. The zero-order valence-corrected chi connectivity index (χ0v) is 10.7. The maximum Gasteiger partial charge on any atom is 0.303 e. The molecule has 5 heteroatoms. The Balaban J connectivity index is 2.38. The van der Waals surface area contributed by atoms with Crippen LogP contribution in [0.15, 0.2) is 30.3 Å². The van der Waals surface area contributed by atoms with Crippen LogP contribution in [0.2, 0.25) is 0 Å². The average molecular weight is 263 g/mol. The number of hydrogen-bond donors (Lipinski definition) is 3. The zero-order valence-electron chi connectivity index (χ0n) is 10.7. The van der Waals surface area contributed by atoms with E-state index in [2.05, 4.69) is 5.32 Å². The summed E-state index contributed by atoms with van der Waals surface area (Å²) in [5.74, 6) is -1.08. The minimum Gasteiger partial charge on any atom is -0.508 e. The van der Waals surface area contributed by atoms with Crippen molar-refractivity contribution in [2.75, 3.05) is 6.54 Å². The van der Waals surface area contributed by atoms with Gasteiger partial charge in [0, 0.05) is 19.0 Å². The number of nitrogens with one attached hydrogen (secondary N) is 1. The van der Waals surface area contributed by atoms with Gasteiger partial charge in [-0.05, 0) is 29.7 Å². The number of aromatic hydroxyl groups is 1. The molecule has 1 amide bonds. The van der Waals surface area contributed by atoms with E-state index in [1.54, 1.807) is 25.1 Å². The molecule has 102 valence electrons. The van der Waals surface area contributed by atoms with Crippen molar-refractivity contribution >= 4 is 18.0 Å². The van der Waals surface area contributed by atoms with E-state index in [4.69, 9.17) is 10.2 Å². The third-order valence-electron chi connectivity index (χ3n) is 2.47. The summed E-state index contributed by atoms with van der Waals surface area (Å²) in [7, 11) is 0. The number of phenols is 1. The number of amides is 1. The lowest BCUT2D eigenvalue weighted by Gasteiger charge is -2.08. The summed E-state index contributed by atoms with van der Waals surface area (Å²) in [4.78, 5) is 21.9. The second kappa shape index (κ2) is 7.20. The normalized spacial score (nSPS) is 12.3. The molecule has 0 aliphatic heterocycles. The molecule has 1 aromatic rings. The highest BCUT2D eigenvalue weighted by Gasteiger charge is 2.07. The van der Waals surface area contributed by atoms with E-state index >= 15 is 0 Å². The Bertz CT molecular complexity index is 465. The molecule has 0 aromatic heterocycles. The number of carboxylic acids is 1. The van der Waals surface area contributed by atoms with Gasteiger partial charge in [0.15, 0.2) is 0 Å². The Kier molecular flexibility index (Phi) is 5.60. The molecule has 19 heavy (non-hydrogen) atoms. The first-order valence-electron chi connectivity index (χ1n) is 5.94. The van der Waals surface area contributed by atoms with Gasteiger partial charge >= 0.3 is 5.97 Å². The van der Waals surface area contributed by atoms with Crippen LogP contribution < -0.4 is 5.32 Å². The minimum absolute atomic E-state index is 0.0297. The molecule has 1 aromatic carbocycles. The van der Waals surface area contributed by atoms with Crippen molar-refractivity contribution in [1.82, 2.24) is 5.32 Å². The number of phenolic OH excluding ortho intramolecular Hbond substituents is 1. The number of hydrogen-bond acceptors (Lipinski definition) is 3. The van der Waals surface area contributed by atoms with Crippen molar-refractivity contribution in [1.29, 1.82) is 0 Å². The van der Waals surface area contributed by atoms with Gasteiger partial charge in [-0.2, -0.15) is 0 Å². The second-order valence-electron chi connectivity index (χ2n) is 4.37. The quantitative estimate of drug-likeness (QED) is 0.681. The summed E-state index contributed by atoms with van der Waals surface area (Å²) in [5.41, 5.74) is 0.798. The third-order valence-corrected chi connectivity index (χ3v) is 2.47. The molecule has 0 bridgehead atoms. The molecule has 0 aliphatic carbocycles. The Morgan fingerprint density at radius 1 is 1.32 bits per heavy atom. The molecule has 0 radical (unpaired) electrons. The molecule has 0 spiro atoms. The van der Waals surface area contributed by atoms with Crippen LogP contribution in [-0.4, -0.2) is 28.6 Å². The number of benzene rings is 1. The lowest BCUT2D eigenvalue weighted by atomic mass is 10.1. The summed E-state index contributed by atoms with van der Waals surface area (Å²) in [6.45, 7) is 2.09. The van der Waals surface area contributed by atoms with Crippen LogP contribution in [0.4, 0.5) is 0 Å². The molecule has 0 saturated heterocycles. The molecule has 3 N–H and O–H groups in total. The first-order valence-corrected chi connectivity index (χ1v) is 5.94. The van der Waals surface area contributed by atoms with Gasteiger partial charge in [0.05, 0.1) is 0 Å². The van der Waals surface area contributed by atoms with Crippen LogP contribution >= 0.6 is 0 Å². The minimum atomic E-state index is -0.874. The van der Waals surface area contributed by atoms with Crippen LogP contribution in [0.25, 0.3) is 6.08 Å². The van der Waals surface area contributed by atoms with Crippen LogP contribution in [0.3, 0.4) is 0 Å². The molecule has 0 heterocycles. The van der Waals surface area contributed by atoms with Crippen LogP contribution in [0, 0.1) is 5.92 Å². The lowest BCUT2D eigenvalue weighted by Crippen LogP contribution is -2.27. The molecular weight excluding hydrogens is 246 g/mol. The van der Waals surface area contributed by atoms with E-state index in [0.717, 1.165) is 5.56 Å². The van der Waals surface area contributed by atoms with Crippen molar-refractivity contribution < 1.29 is 19.8 Å². The van der Waals surface area contributed by atoms with Crippen molar-refractivity contribution in [3.8, 4) is 5.75 Å². The second-order valence-corrected chi connectivity index (χ2v) is 4.37. The van der Waals surface area contributed by atoms with Crippen molar-refractivity contribution in [2.45, 2.75) is 13.3 Å². The Morgan fingerprint density at radius 3 is 2.53 bits per heavy atom. The fraction of sp³-hybridized carbons (Fsp3) is 0.286. The van der Waals surface area contributed by atoms with Crippen LogP contribution in [-0.2, 0) is 9.59 Å². The summed E-state index contributed by atoms with van der Waals surface area (Å²) >= 11 is 0. The van der Waals surface area contributed by atoms with Gasteiger partial charge in [0.25, 0.3) is 0 Å². The molecule has 5 nitrogen and oxygen atoms in total. The molecular formula is C14H17NO4. The Morgan fingerprint density at radius 2 is 1.95 bits per heavy atom. The maximum absolute atomic E-state index is 11.5. The lowest BCUT2D eigenvalue weighted by molar-refractivity contribution is -0.138. The molecule has 1 unspecified atom stereocenters. The van der Waals surface area contributed by atoms with Crippen molar-refractivity contribution in [3.63, 3.8) is 0 Å². The smallest absolute Gasteiger partial charge is 0.303 e. The summed E-state index contributed by atoms with van der Waals surface area (Å²) in [5, 5.41) is 20.3.